The number of thiol groups is 1. The van der Waals surface area contributed by atoms with Gasteiger partial charge in [-0.1, -0.05) is 0 Å². The molecule has 2 atom stereocenters. The Hall–Kier alpha value is -1.61. The van der Waals surface area contributed by atoms with Crippen molar-refractivity contribution in [2.75, 3.05) is 12.4 Å². The molecule has 0 aliphatic rings. The van der Waals surface area contributed by atoms with Gasteiger partial charge in [0.25, 0.3) is 0 Å². The summed E-state index contributed by atoms with van der Waals surface area (Å²) >= 11 is 3.99. The Morgan fingerprint density at radius 2 is 1.86 bits per heavy atom. The molecule has 0 aromatic heterocycles. The van der Waals surface area contributed by atoms with E-state index in [-0.39, 0.29) is 43.8 Å². The molecule has 0 saturated heterocycles. The summed E-state index contributed by atoms with van der Waals surface area (Å²) in [5.41, 5.74) is 5.28. The molecule has 0 aromatic rings. The lowest BCUT2D eigenvalue weighted by molar-refractivity contribution is -0.144. The number of ether oxygens (including phenoxy) is 1. The van der Waals surface area contributed by atoms with Gasteiger partial charge in [-0.3, -0.25) is 19.2 Å². The van der Waals surface area contributed by atoms with Gasteiger partial charge in [0, 0.05) is 18.6 Å². The Kier molecular flexibility index (Phi) is 10.2. The van der Waals surface area contributed by atoms with E-state index in [1.54, 1.807) is 6.92 Å². The molecule has 0 aromatic carbocycles. The minimum atomic E-state index is -1.19. The standard InChI is InChI=1S/C13H22N2O6S/c1-2-21-12(18)6-4-10(16)9(7-22)15-11(17)5-3-8(14)13(19)20/h8-9,22H,2-7,14H2,1H3,(H,15,17)(H,19,20)/t8-,9-/m0/s1. The SMILES string of the molecule is CCOC(=O)CCC(=O)[C@H](CS)NC(=O)CC[C@H](N)C(=O)O. The number of hydrogen-bond donors (Lipinski definition) is 4. The number of amides is 1. The Morgan fingerprint density at radius 3 is 2.36 bits per heavy atom. The van der Waals surface area contributed by atoms with Crippen LogP contribution in [-0.2, 0) is 23.9 Å². The minimum Gasteiger partial charge on any atom is -0.480 e. The van der Waals surface area contributed by atoms with Crippen molar-refractivity contribution in [1.29, 1.82) is 0 Å². The molecular weight excluding hydrogens is 312 g/mol. The fraction of sp³-hybridized carbons (Fsp3) is 0.692. The largest absolute Gasteiger partial charge is 0.480 e. The van der Waals surface area contributed by atoms with E-state index in [4.69, 9.17) is 15.6 Å². The van der Waals surface area contributed by atoms with Gasteiger partial charge in [-0.05, 0) is 13.3 Å². The molecule has 126 valence electrons. The quantitative estimate of drug-likeness (QED) is 0.295. The number of hydrogen-bond acceptors (Lipinski definition) is 7. The number of Topliss-reactive ketones (excluding diaryl/α,β-unsaturated/α-hetero) is 1. The van der Waals surface area contributed by atoms with Crippen molar-refractivity contribution in [1.82, 2.24) is 5.32 Å². The summed E-state index contributed by atoms with van der Waals surface area (Å²) in [6.45, 7) is 1.90. The fourth-order valence-corrected chi connectivity index (χ4v) is 1.83. The predicted octanol–water partition coefficient (Wildman–Crippen LogP) is -0.494. The van der Waals surface area contributed by atoms with Crippen molar-refractivity contribution in [3.05, 3.63) is 0 Å². The predicted molar refractivity (Wildman–Crippen MR) is 81.5 cm³/mol. The van der Waals surface area contributed by atoms with Crippen molar-refractivity contribution < 1.29 is 29.0 Å². The number of aliphatic carboxylic acids is 1. The van der Waals surface area contributed by atoms with E-state index in [0.29, 0.717) is 0 Å². The molecular formula is C13H22N2O6S. The molecule has 4 N–H and O–H groups in total. The van der Waals surface area contributed by atoms with Crippen molar-refractivity contribution in [2.24, 2.45) is 5.73 Å². The van der Waals surface area contributed by atoms with E-state index in [1.807, 2.05) is 0 Å². The van der Waals surface area contributed by atoms with Gasteiger partial charge >= 0.3 is 11.9 Å². The maximum Gasteiger partial charge on any atom is 0.320 e. The molecule has 0 aliphatic carbocycles. The van der Waals surface area contributed by atoms with Crippen LogP contribution in [0.4, 0.5) is 0 Å². The molecule has 0 spiro atoms. The van der Waals surface area contributed by atoms with Crippen LogP contribution in [0.1, 0.15) is 32.6 Å². The number of carboxylic acids is 1. The Bertz CT molecular complexity index is 415. The summed E-state index contributed by atoms with van der Waals surface area (Å²) in [6.07, 6.45) is -0.254. The summed E-state index contributed by atoms with van der Waals surface area (Å²) in [5.74, 6) is -2.41. The number of carboxylic acid groups (broad SMARTS) is 1. The van der Waals surface area contributed by atoms with Gasteiger partial charge in [-0.2, -0.15) is 12.6 Å². The first kappa shape index (κ1) is 20.4. The lowest BCUT2D eigenvalue weighted by Gasteiger charge is -2.15. The molecule has 1 amide bonds. The van der Waals surface area contributed by atoms with Crippen LogP contribution >= 0.6 is 12.6 Å². The summed E-state index contributed by atoms with van der Waals surface area (Å²) in [7, 11) is 0. The molecule has 0 saturated carbocycles. The normalized spacial score (nSPS) is 13.0. The van der Waals surface area contributed by atoms with Crippen LogP contribution in [0.15, 0.2) is 0 Å². The molecule has 0 fully saturated rings. The second-order valence-electron chi connectivity index (χ2n) is 4.56. The van der Waals surface area contributed by atoms with E-state index in [2.05, 4.69) is 17.9 Å². The summed E-state index contributed by atoms with van der Waals surface area (Å²) < 4.78 is 4.71. The van der Waals surface area contributed by atoms with E-state index in [9.17, 15) is 19.2 Å². The van der Waals surface area contributed by atoms with Crippen molar-refractivity contribution in [3.63, 3.8) is 0 Å². The van der Waals surface area contributed by atoms with Crippen LogP contribution in [-0.4, -0.2) is 53.2 Å². The highest BCUT2D eigenvalue weighted by Crippen LogP contribution is 2.02. The Balaban J connectivity index is 4.23. The highest BCUT2D eigenvalue weighted by molar-refractivity contribution is 7.80. The smallest absolute Gasteiger partial charge is 0.320 e. The number of carbonyl (C=O) groups is 4. The second-order valence-corrected chi connectivity index (χ2v) is 4.92. The zero-order chi connectivity index (χ0) is 17.1. The number of nitrogens with two attached hydrogens (primary N) is 1. The van der Waals surface area contributed by atoms with Crippen molar-refractivity contribution >= 4 is 36.3 Å². The van der Waals surface area contributed by atoms with Gasteiger partial charge in [0.2, 0.25) is 5.91 Å². The molecule has 0 rings (SSSR count). The molecule has 0 radical (unpaired) electrons. The van der Waals surface area contributed by atoms with Crippen molar-refractivity contribution in [2.45, 2.75) is 44.7 Å². The number of nitrogens with one attached hydrogen (secondary N) is 1. The lowest BCUT2D eigenvalue weighted by atomic mass is 10.1. The number of esters is 1. The number of rotatable bonds is 11. The minimum absolute atomic E-state index is 0.0303. The van der Waals surface area contributed by atoms with Gasteiger partial charge in [-0.25, -0.2) is 0 Å². The maximum atomic E-state index is 11.9. The Labute approximate surface area is 134 Å². The fourth-order valence-electron chi connectivity index (χ4n) is 1.54. The third-order valence-corrected chi connectivity index (χ3v) is 3.15. The van der Waals surface area contributed by atoms with Crippen LogP contribution in [0.3, 0.4) is 0 Å². The first-order chi connectivity index (χ1) is 10.3. The van der Waals surface area contributed by atoms with E-state index < -0.39 is 29.9 Å². The summed E-state index contributed by atoms with van der Waals surface area (Å²) in [6, 6.07) is -1.95. The van der Waals surface area contributed by atoms with Crippen LogP contribution in [0.5, 0.6) is 0 Å². The van der Waals surface area contributed by atoms with Gasteiger partial charge in [0.1, 0.15) is 6.04 Å². The number of ketones is 1. The Morgan fingerprint density at radius 1 is 1.23 bits per heavy atom. The molecule has 0 unspecified atom stereocenters. The van der Waals surface area contributed by atoms with E-state index in [0.717, 1.165) is 0 Å². The first-order valence-corrected chi connectivity index (χ1v) is 7.52. The third kappa shape index (κ3) is 8.63. The highest BCUT2D eigenvalue weighted by Gasteiger charge is 2.21. The van der Waals surface area contributed by atoms with Gasteiger partial charge in [-0.15, -0.1) is 0 Å². The topological polar surface area (TPSA) is 136 Å². The van der Waals surface area contributed by atoms with Gasteiger partial charge < -0.3 is 20.9 Å². The highest BCUT2D eigenvalue weighted by atomic mass is 32.1. The second kappa shape index (κ2) is 11.0. The zero-order valence-electron chi connectivity index (χ0n) is 12.4. The monoisotopic (exact) mass is 334 g/mol. The third-order valence-electron chi connectivity index (χ3n) is 2.79. The number of carbonyl (C=O) groups excluding carboxylic acids is 3. The molecule has 8 nitrogen and oxygen atoms in total. The van der Waals surface area contributed by atoms with Crippen LogP contribution in [0.2, 0.25) is 0 Å². The van der Waals surface area contributed by atoms with Crippen LogP contribution < -0.4 is 11.1 Å². The summed E-state index contributed by atoms with van der Waals surface area (Å²) in [4.78, 5) is 45.2. The molecule has 22 heavy (non-hydrogen) atoms. The maximum absolute atomic E-state index is 11.9. The average molecular weight is 334 g/mol. The van der Waals surface area contributed by atoms with E-state index in [1.165, 1.54) is 0 Å². The van der Waals surface area contributed by atoms with E-state index >= 15 is 0 Å². The molecule has 0 aliphatic heterocycles. The van der Waals surface area contributed by atoms with Gasteiger partial charge in [0.05, 0.1) is 19.1 Å². The zero-order valence-corrected chi connectivity index (χ0v) is 13.3. The summed E-state index contributed by atoms with van der Waals surface area (Å²) in [5, 5.41) is 11.1. The van der Waals surface area contributed by atoms with Crippen molar-refractivity contribution in [3.8, 4) is 0 Å². The molecule has 9 heteroatoms. The molecule has 0 heterocycles. The average Bonchev–Trinajstić information content (AvgIpc) is 2.47. The first-order valence-electron chi connectivity index (χ1n) is 6.88. The lowest BCUT2D eigenvalue weighted by Crippen LogP contribution is -2.43. The molecule has 0 bridgehead atoms. The van der Waals surface area contributed by atoms with Gasteiger partial charge in [0.15, 0.2) is 5.78 Å². The van der Waals surface area contributed by atoms with Crippen LogP contribution in [0.25, 0.3) is 0 Å². The van der Waals surface area contributed by atoms with Crippen LogP contribution in [0, 0.1) is 0 Å².